The van der Waals surface area contributed by atoms with Gasteiger partial charge in [-0.05, 0) is 135 Å². The van der Waals surface area contributed by atoms with Crippen molar-refractivity contribution in [2.45, 2.75) is 106 Å². The molecule has 0 N–H and O–H groups in total. The van der Waals surface area contributed by atoms with E-state index < -0.39 is 0 Å². The van der Waals surface area contributed by atoms with Gasteiger partial charge in [0, 0.05) is 72.5 Å². The predicted octanol–water partition coefficient (Wildman–Crippen LogP) is 19.6. The molecule has 0 spiro atoms. The van der Waals surface area contributed by atoms with E-state index in [9.17, 15) is 4.39 Å². The first-order valence-electron chi connectivity index (χ1n) is 26.7. The second kappa shape index (κ2) is 20.6. The fraction of sp³-hybridized carbons (Fsp3) is 0.229. The van der Waals surface area contributed by atoms with Gasteiger partial charge in [0.15, 0.2) is 0 Å². The quantitative estimate of drug-likeness (QED) is 0.128. The number of aryl methyl sites for hydroxylation is 2. The number of rotatable bonds is 10. The van der Waals surface area contributed by atoms with Gasteiger partial charge in [-0.1, -0.05) is 165 Å². The fourth-order valence-corrected chi connectivity index (χ4v) is 10.7. The van der Waals surface area contributed by atoms with Crippen LogP contribution in [0.15, 0.2) is 164 Å². The van der Waals surface area contributed by atoms with Crippen LogP contribution in [0.2, 0.25) is 0 Å². The predicted molar refractivity (Wildman–Crippen MR) is 316 cm³/mol. The zero-order valence-corrected chi connectivity index (χ0v) is 48.5. The number of aromatic nitrogens is 2. The van der Waals surface area contributed by atoms with Crippen LogP contribution < -0.4 is 14.5 Å². The van der Waals surface area contributed by atoms with Crippen LogP contribution in [0.5, 0.6) is 11.5 Å². The zero-order chi connectivity index (χ0) is 53.4. The Bertz CT molecular complexity index is 3810. The van der Waals surface area contributed by atoms with Gasteiger partial charge in [-0.3, -0.25) is 0 Å². The molecule has 1 aliphatic rings. The molecule has 0 atom stereocenters. The number of hydrogen-bond donors (Lipinski definition) is 0. The summed E-state index contributed by atoms with van der Waals surface area (Å²) >= 11 is 0. The molecule has 0 bridgehead atoms. The number of nitrogens with zero attached hydrogens (tertiary/aromatic N) is 4. The Balaban J connectivity index is 0.00000672. The number of ether oxygens (including phenoxy) is 1. The molecule has 5 nitrogen and oxygen atoms in total. The molecule has 2 aromatic heterocycles. The first-order chi connectivity index (χ1) is 36.3. The maximum Gasteiger partial charge on any atom is 0.135 e. The van der Waals surface area contributed by atoms with Gasteiger partial charge in [0.2, 0.25) is 0 Å². The largest absolute Gasteiger partial charge is 0.509 e. The normalized spacial score (nSPS) is 12.8. The smallest absolute Gasteiger partial charge is 0.135 e. The van der Waals surface area contributed by atoms with Gasteiger partial charge in [-0.15, -0.1) is 53.6 Å². The topological polar surface area (TPSA) is 33.5 Å². The summed E-state index contributed by atoms with van der Waals surface area (Å²) in [5.41, 5.74) is 19.1. The van der Waals surface area contributed by atoms with E-state index in [-0.39, 0.29) is 37.7 Å². The van der Waals surface area contributed by atoms with Crippen LogP contribution in [0.3, 0.4) is 0 Å². The Hall–Kier alpha value is -7.27. The minimum atomic E-state index is -0.270. The van der Waals surface area contributed by atoms with E-state index in [2.05, 4.69) is 244 Å². The summed E-state index contributed by atoms with van der Waals surface area (Å²) in [7, 11) is 0. The van der Waals surface area contributed by atoms with E-state index in [1.54, 1.807) is 12.1 Å². The molecule has 0 unspecified atom stereocenters. The van der Waals surface area contributed by atoms with E-state index in [1.807, 2.05) is 24.4 Å². The Morgan fingerprint density at radius 1 is 0.545 bits per heavy atom. The van der Waals surface area contributed by atoms with E-state index >= 15 is 0 Å². The average Bonchev–Trinajstić information content (AvgIpc) is 3.99. The molecule has 0 saturated carbocycles. The molecular weight excluding hydrogens is 1130 g/mol. The molecule has 77 heavy (non-hydrogen) atoms. The van der Waals surface area contributed by atoms with Gasteiger partial charge in [-0.25, -0.2) is 9.37 Å². The number of anilines is 4. The zero-order valence-electron chi connectivity index (χ0n) is 46.2. The fourth-order valence-electron chi connectivity index (χ4n) is 10.7. The Kier molecular flexibility index (Phi) is 14.2. The maximum atomic E-state index is 14.9. The van der Waals surface area contributed by atoms with Gasteiger partial charge in [-0.2, -0.15) is 6.07 Å². The summed E-state index contributed by atoms with van der Waals surface area (Å²) in [5.74, 6) is 2.32. The van der Waals surface area contributed by atoms with Gasteiger partial charge in [0.05, 0.1) is 0 Å². The molecule has 1 aliphatic heterocycles. The van der Waals surface area contributed by atoms with Crippen LogP contribution in [0, 0.1) is 38.5 Å². The average molecular weight is 1190 g/mol. The van der Waals surface area contributed by atoms with Crippen LogP contribution in [0.4, 0.5) is 27.1 Å². The molecular formula is C70H66FN4OPt-3. The van der Waals surface area contributed by atoms with Crippen LogP contribution in [0.1, 0.15) is 114 Å². The summed E-state index contributed by atoms with van der Waals surface area (Å²) in [6, 6.07) is 62.6. The third-order valence-electron chi connectivity index (χ3n) is 14.9. The summed E-state index contributed by atoms with van der Waals surface area (Å²) in [4.78, 5) is 9.48. The standard InChI is InChI=1S/C70H66FN4O.Pt/c1-43(2)48-32-49(44(3)4)34-52(33-48)62-38-54(70(10,11)12)37-61(47-21-23-55(71)24-22-47)68(62)74-42-73(64-19-15-16-20-65(64)74)56-35-51(50-30-45(5)29-46(6)31-50)36-58(40-56)76-57-25-26-60-59-17-13-14-18-63(59)75(66(60)41-57)67-39-53(27-28-72-67)69(7,8)9;/h13-39,42-44H,1-12H3;/q-3;. The van der Waals surface area contributed by atoms with Crippen molar-refractivity contribution in [2.75, 3.05) is 9.80 Å². The number of hydrogen-bond acceptors (Lipinski definition) is 4. The number of pyridine rings is 1. The molecule has 0 fully saturated rings. The van der Waals surface area contributed by atoms with Gasteiger partial charge >= 0.3 is 0 Å². The van der Waals surface area contributed by atoms with Gasteiger partial charge < -0.3 is 19.1 Å². The van der Waals surface area contributed by atoms with Crippen molar-refractivity contribution >= 4 is 44.6 Å². The molecule has 7 heteroatoms. The molecule has 8 aromatic carbocycles. The molecule has 11 rings (SSSR count). The number of fused-ring (bicyclic) bond motifs is 4. The number of para-hydroxylation sites is 3. The minimum Gasteiger partial charge on any atom is -0.509 e. The second-order valence-electron chi connectivity index (χ2n) is 23.4. The van der Waals surface area contributed by atoms with Crippen molar-refractivity contribution in [3.05, 3.63) is 222 Å². The van der Waals surface area contributed by atoms with Crippen molar-refractivity contribution in [1.82, 2.24) is 9.55 Å². The maximum absolute atomic E-state index is 14.9. The second-order valence-corrected chi connectivity index (χ2v) is 23.4. The number of halogens is 1. The van der Waals surface area contributed by atoms with Crippen molar-refractivity contribution in [3.8, 4) is 50.7 Å². The Morgan fingerprint density at radius 3 is 1.81 bits per heavy atom. The molecule has 0 amide bonds. The minimum absolute atomic E-state index is 0. The van der Waals surface area contributed by atoms with E-state index in [4.69, 9.17) is 9.72 Å². The first-order valence-corrected chi connectivity index (χ1v) is 26.7. The summed E-state index contributed by atoms with van der Waals surface area (Å²) < 4.78 is 24.1. The van der Waals surface area contributed by atoms with Crippen LogP contribution in [0.25, 0.3) is 61.0 Å². The van der Waals surface area contributed by atoms with Crippen molar-refractivity contribution in [1.29, 1.82) is 0 Å². The SMILES string of the molecule is Cc1cc(C)cc(-c2cc(Oc3[c-]c4c(cc3)c3ccccc3n4-c3cc(C(C)(C)C)ccn3)[c-]c(N3[CH-]N(c4c(-c5ccc(F)cc5)cc(C(C)(C)C)cc4-c4cc(C(C)C)cc(C(C)C)c4)c4ccccc43)c2)c1.[Pt]. The van der Waals surface area contributed by atoms with Crippen LogP contribution in [-0.4, -0.2) is 9.55 Å². The summed E-state index contributed by atoms with van der Waals surface area (Å²) in [6.07, 6.45) is 1.90. The van der Waals surface area contributed by atoms with Gasteiger partial charge in [0.25, 0.3) is 0 Å². The Labute approximate surface area is 469 Å². The van der Waals surface area contributed by atoms with Crippen LogP contribution in [-0.2, 0) is 31.9 Å². The van der Waals surface area contributed by atoms with E-state index in [1.165, 1.54) is 33.4 Å². The van der Waals surface area contributed by atoms with E-state index in [0.717, 1.165) is 83.8 Å². The van der Waals surface area contributed by atoms with Crippen molar-refractivity contribution in [2.24, 2.45) is 0 Å². The third-order valence-corrected chi connectivity index (χ3v) is 14.9. The number of benzene rings is 8. The van der Waals surface area contributed by atoms with Crippen molar-refractivity contribution in [3.63, 3.8) is 0 Å². The molecule has 0 radical (unpaired) electrons. The molecule has 10 aromatic rings. The van der Waals surface area contributed by atoms with E-state index in [0.29, 0.717) is 23.3 Å². The monoisotopic (exact) mass is 1190 g/mol. The summed E-state index contributed by atoms with van der Waals surface area (Å²) in [6.45, 7) is 29.0. The first kappa shape index (κ1) is 53.1. The van der Waals surface area contributed by atoms with Crippen LogP contribution >= 0.6 is 0 Å². The van der Waals surface area contributed by atoms with Crippen molar-refractivity contribution < 1.29 is 30.2 Å². The molecule has 0 saturated heterocycles. The molecule has 3 heterocycles. The summed E-state index contributed by atoms with van der Waals surface area (Å²) in [5, 5.41) is 2.18. The Morgan fingerprint density at radius 2 is 1.16 bits per heavy atom. The van der Waals surface area contributed by atoms with Gasteiger partial charge in [0.1, 0.15) is 11.6 Å². The third kappa shape index (κ3) is 10.4. The molecule has 0 aliphatic carbocycles. The molecule has 392 valence electrons.